The van der Waals surface area contributed by atoms with Crippen molar-refractivity contribution in [2.45, 2.75) is 104 Å². The lowest BCUT2D eigenvalue weighted by Gasteiger charge is -2.62. The average Bonchev–Trinajstić information content (AvgIpc) is 2.98. The summed E-state index contributed by atoms with van der Waals surface area (Å²) in [7, 11) is 0. The van der Waals surface area contributed by atoms with E-state index in [1.165, 1.54) is 75.4 Å². The molecule has 28 heavy (non-hydrogen) atoms. The average molecular weight is 384 g/mol. The maximum absolute atomic E-state index is 7.43. The molecule has 8 atom stereocenters. The maximum atomic E-state index is 7.43. The molecular formula is C27H45N. The van der Waals surface area contributed by atoms with Crippen molar-refractivity contribution in [1.29, 1.82) is 0 Å². The van der Waals surface area contributed by atoms with E-state index in [9.17, 15) is 0 Å². The van der Waals surface area contributed by atoms with Gasteiger partial charge in [-0.25, -0.2) is 0 Å². The molecule has 0 spiro atoms. The summed E-state index contributed by atoms with van der Waals surface area (Å²) in [5.41, 5.74) is 11.3. The van der Waals surface area contributed by atoms with Crippen molar-refractivity contribution in [1.82, 2.24) is 0 Å². The van der Waals surface area contributed by atoms with Gasteiger partial charge >= 0.3 is 0 Å². The van der Waals surface area contributed by atoms with E-state index >= 15 is 0 Å². The highest BCUT2D eigenvalue weighted by atomic mass is 14.8. The molecule has 0 aromatic heterocycles. The minimum atomic E-state index is 0.118. The van der Waals surface area contributed by atoms with Crippen LogP contribution >= 0.6 is 0 Å². The molecule has 4 saturated carbocycles. The maximum Gasteiger partial charge on any atom is 0.0217 e. The van der Waals surface area contributed by atoms with Crippen molar-refractivity contribution < 1.29 is 0 Å². The zero-order valence-corrected chi connectivity index (χ0v) is 19.2. The number of rotatable bonds is 4. The fraction of sp³-hybridized carbons (Fsp3) is 0.852. The predicted molar refractivity (Wildman–Crippen MR) is 121 cm³/mol. The topological polar surface area (TPSA) is 26.0 Å². The van der Waals surface area contributed by atoms with Gasteiger partial charge in [0.05, 0.1) is 0 Å². The van der Waals surface area contributed by atoms with Gasteiger partial charge < -0.3 is 5.73 Å². The van der Waals surface area contributed by atoms with Crippen LogP contribution in [0.1, 0.15) is 98.3 Å². The molecule has 6 unspecified atom stereocenters. The van der Waals surface area contributed by atoms with Gasteiger partial charge in [0.1, 0.15) is 0 Å². The Labute approximate surface area is 174 Å². The Balaban J connectivity index is 1.56. The van der Waals surface area contributed by atoms with Gasteiger partial charge in [-0.3, -0.25) is 0 Å². The molecule has 0 aliphatic heterocycles. The highest BCUT2D eigenvalue weighted by Gasteiger charge is 2.62. The molecule has 4 rings (SSSR count). The van der Waals surface area contributed by atoms with Crippen molar-refractivity contribution in [3.8, 4) is 0 Å². The van der Waals surface area contributed by atoms with E-state index in [1.807, 2.05) is 0 Å². The van der Waals surface area contributed by atoms with Crippen LogP contribution in [-0.4, -0.2) is 5.54 Å². The number of hydrogen-bond donors (Lipinski definition) is 1. The molecule has 158 valence electrons. The second-order valence-electron chi connectivity index (χ2n) is 12.1. The van der Waals surface area contributed by atoms with E-state index in [4.69, 9.17) is 5.73 Å². The normalized spacial score (nSPS) is 50.4. The van der Waals surface area contributed by atoms with E-state index in [-0.39, 0.29) is 5.54 Å². The minimum absolute atomic E-state index is 0.118. The van der Waals surface area contributed by atoms with Crippen molar-refractivity contribution >= 4 is 0 Å². The van der Waals surface area contributed by atoms with Crippen molar-refractivity contribution in [2.75, 3.05) is 0 Å². The van der Waals surface area contributed by atoms with Gasteiger partial charge in [0.15, 0.2) is 0 Å². The van der Waals surface area contributed by atoms with Gasteiger partial charge in [0, 0.05) is 5.54 Å². The van der Waals surface area contributed by atoms with Crippen LogP contribution < -0.4 is 5.73 Å². The Morgan fingerprint density at radius 1 is 0.929 bits per heavy atom. The summed E-state index contributed by atoms with van der Waals surface area (Å²) in [4.78, 5) is 0. The van der Waals surface area contributed by atoms with Crippen molar-refractivity contribution in [3.63, 3.8) is 0 Å². The molecule has 4 aliphatic rings. The van der Waals surface area contributed by atoms with Crippen LogP contribution in [0.5, 0.6) is 0 Å². The number of allylic oxidation sites excluding steroid dienone is 2. The largest absolute Gasteiger partial charge is 0.325 e. The standard InChI is InChI=1S/C27H45N/c1-7-25(5)13-12-22-20(17-25)8-9-24-23-11-10-21(19(4)16-18(2)3)26(23,6)14-15-27(22,24)28/h20-24H,2,4,7-17,28H2,1,3,5-6H3/t20?,21?,22?,23?,24?,25-,26?,27-/m0/s1. The van der Waals surface area contributed by atoms with Crippen LogP contribution in [0.4, 0.5) is 0 Å². The van der Waals surface area contributed by atoms with Gasteiger partial charge in [-0.2, -0.15) is 0 Å². The zero-order valence-electron chi connectivity index (χ0n) is 19.2. The second-order valence-corrected chi connectivity index (χ2v) is 12.1. The summed E-state index contributed by atoms with van der Waals surface area (Å²) in [5, 5.41) is 0. The molecule has 0 heterocycles. The Morgan fingerprint density at radius 2 is 1.64 bits per heavy atom. The van der Waals surface area contributed by atoms with Gasteiger partial charge in [-0.1, -0.05) is 51.5 Å². The molecule has 0 radical (unpaired) electrons. The summed E-state index contributed by atoms with van der Waals surface area (Å²) in [6.45, 7) is 18.4. The van der Waals surface area contributed by atoms with E-state index in [0.717, 1.165) is 30.1 Å². The Hall–Kier alpha value is -0.560. The van der Waals surface area contributed by atoms with Crippen LogP contribution in [0.2, 0.25) is 0 Å². The smallest absolute Gasteiger partial charge is 0.0217 e. The fourth-order valence-electron chi connectivity index (χ4n) is 8.78. The first kappa shape index (κ1) is 20.7. The molecule has 4 fully saturated rings. The van der Waals surface area contributed by atoms with Gasteiger partial charge in [-0.15, -0.1) is 0 Å². The summed E-state index contributed by atoms with van der Waals surface area (Å²) in [6.07, 6.45) is 14.7. The minimum Gasteiger partial charge on any atom is -0.325 e. The summed E-state index contributed by atoms with van der Waals surface area (Å²) in [6, 6.07) is 0. The summed E-state index contributed by atoms with van der Waals surface area (Å²) >= 11 is 0. The molecule has 0 bridgehead atoms. The first-order valence-corrected chi connectivity index (χ1v) is 12.2. The SMILES string of the molecule is C=C(C)CC(=C)C1CCC2C3CCC4C[C@@](C)(CC)CCC4[C@@]3(N)CCC12C. The highest BCUT2D eigenvalue weighted by molar-refractivity contribution is 5.22. The van der Waals surface area contributed by atoms with E-state index in [2.05, 4.69) is 40.9 Å². The second kappa shape index (κ2) is 7.00. The molecular weight excluding hydrogens is 338 g/mol. The first-order chi connectivity index (χ1) is 13.1. The Morgan fingerprint density at radius 3 is 2.32 bits per heavy atom. The third-order valence-corrected chi connectivity index (χ3v) is 10.5. The first-order valence-electron chi connectivity index (χ1n) is 12.2. The van der Waals surface area contributed by atoms with E-state index in [1.54, 1.807) is 0 Å². The monoisotopic (exact) mass is 383 g/mol. The van der Waals surface area contributed by atoms with E-state index in [0.29, 0.717) is 16.7 Å². The third-order valence-electron chi connectivity index (χ3n) is 10.5. The van der Waals surface area contributed by atoms with Gasteiger partial charge in [0.2, 0.25) is 0 Å². The molecule has 0 saturated heterocycles. The van der Waals surface area contributed by atoms with E-state index < -0.39 is 0 Å². The van der Waals surface area contributed by atoms with Crippen LogP contribution in [0, 0.1) is 40.4 Å². The third kappa shape index (κ3) is 3.06. The molecule has 1 heteroatoms. The van der Waals surface area contributed by atoms with Crippen molar-refractivity contribution in [2.24, 2.45) is 46.2 Å². The van der Waals surface area contributed by atoms with Gasteiger partial charge in [0.25, 0.3) is 0 Å². The van der Waals surface area contributed by atoms with Crippen LogP contribution in [0.3, 0.4) is 0 Å². The zero-order chi connectivity index (χ0) is 20.3. The molecule has 4 aliphatic carbocycles. The molecule has 0 aromatic carbocycles. The number of nitrogens with two attached hydrogens (primary N) is 1. The van der Waals surface area contributed by atoms with Gasteiger partial charge in [-0.05, 0) is 112 Å². The summed E-state index contributed by atoms with van der Waals surface area (Å²) < 4.78 is 0. The Kier molecular flexibility index (Phi) is 5.18. The lowest BCUT2D eigenvalue weighted by Crippen LogP contribution is -2.65. The molecule has 2 N–H and O–H groups in total. The fourth-order valence-corrected chi connectivity index (χ4v) is 8.78. The Bertz CT molecular complexity index is 649. The number of hydrogen-bond acceptors (Lipinski definition) is 1. The molecule has 0 aromatic rings. The van der Waals surface area contributed by atoms with Crippen LogP contribution in [0.25, 0.3) is 0 Å². The van der Waals surface area contributed by atoms with Crippen molar-refractivity contribution in [3.05, 3.63) is 24.3 Å². The number of fused-ring (bicyclic) bond motifs is 5. The summed E-state index contributed by atoms with van der Waals surface area (Å²) in [5.74, 6) is 3.93. The van der Waals surface area contributed by atoms with Crippen LogP contribution in [0.15, 0.2) is 24.3 Å². The lowest BCUT2D eigenvalue weighted by atomic mass is 9.45. The molecule has 1 nitrogen and oxygen atoms in total. The quantitative estimate of drug-likeness (QED) is 0.507. The predicted octanol–water partition coefficient (Wildman–Crippen LogP) is 7.28. The highest BCUT2D eigenvalue weighted by Crippen LogP contribution is 2.67. The lowest BCUT2D eigenvalue weighted by molar-refractivity contribution is -0.0923. The van der Waals surface area contributed by atoms with Crippen LogP contribution in [-0.2, 0) is 0 Å². The molecule has 0 amide bonds.